The van der Waals surface area contributed by atoms with Crippen molar-refractivity contribution in [2.75, 3.05) is 18.0 Å². The summed E-state index contributed by atoms with van der Waals surface area (Å²) in [5, 5.41) is 6.45. The highest BCUT2D eigenvalue weighted by Gasteiger charge is 2.24. The van der Waals surface area contributed by atoms with Crippen LogP contribution in [0.3, 0.4) is 0 Å². The summed E-state index contributed by atoms with van der Waals surface area (Å²) in [5.41, 5.74) is 8.60. The molecule has 33 heavy (non-hydrogen) atoms. The van der Waals surface area contributed by atoms with Gasteiger partial charge in [-0.2, -0.15) is 5.10 Å². The van der Waals surface area contributed by atoms with Crippen molar-refractivity contribution < 1.29 is 4.42 Å². The molecular weight excluding hydrogens is 418 g/mol. The quantitative estimate of drug-likeness (QED) is 0.455. The van der Waals surface area contributed by atoms with Gasteiger partial charge in [-0.3, -0.25) is 4.79 Å². The molecule has 0 aliphatic carbocycles. The van der Waals surface area contributed by atoms with Crippen molar-refractivity contribution in [1.29, 1.82) is 0 Å². The summed E-state index contributed by atoms with van der Waals surface area (Å²) in [5.74, 6) is 1.23. The first-order valence-corrected chi connectivity index (χ1v) is 11.4. The Balaban J connectivity index is 1.41. The Bertz CT molecular complexity index is 1550. The number of fused-ring (bicyclic) bond motifs is 4. The first-order valence-electron chi connectivity index (χ1n) is 11.4. The van der Waals surface area contributed by atoms with E-state index in [2.05, 4.69) is 15.0 Å². The topological polar surface area (TPSA) is 108 Å². The number of imidazole rings is 1. The van der Waals surface area contributed by atoms with E-state index in [0.29, 0.717) is 23.5 Å². The van der Waals surface area contributed by atoms with E-state index in [1.165, 1.54) is 4.68 Å². The second-order valence-corrected chi connectivity index (χ2v) is 8.59. The number of hydrogen-bond donors (Lipinski definition) is 1. The molecule has 4 heterocycles. The minimum Gasteiger partial charge on any atom is -0.438 e. The van der Waals surface area contributed by atoms with Crippen LogP contribution in [-0.2, 0) is 13.1 Å². The molecule has 1 fully saturated rings. The fourth-order valence-corrected chi connectivity index (χ4v) is 4.82. The lowest BCUT2D eigenvalue weighted by molar-refractivity contribution is 0.483. The van der Waals surface area contributed by atoms with Crippen LogP contribution in [0.15, 0.2) is 51.8 Å². The van der Waals surface area contributed by atoms with Crippen molar-refractivity contribution in [3.8, 4) is 0 Å². The summed E-state index contributed by atoms with van der Waals surface area (Å²) in [6.07, 6.45) is 3.67. The molecule has 1 saturated heterocycles. The summed E-state index contributed by atoms with van der Waals surface area (Å²) >= 11 is 0. The molecule has 2 aromatic carbocycles. The first kappa shape index (κ1) is 19.9. The van der Waals surface area contributed by atoms with Gasteiger partial charge in [-0.15, -0.1) is 0 Å². The van der Waals surface area contributed by atoms with E-state index in [0.717, 1.165) is 53.8 Å². The highest BCUT2D eigenvalue weighted by Crippen LogP contribution is 2.26. The van der Waals surface area contributed by atoms with Crippen molar-refractivity contribution in [1.82, 2.24) is 24.3 Å². The number of rotatable bonds is 4. The van der Waals surface area contributed by atoms with Crippen molar-refractivity contribution in [3.05, 3.63) is 58.8 Å². The van der Waals surface area contributed by atoms with Gasteiger partial charge in [0.05, 0.1) is 6.20 Å². The number of hydrogen-bond acceptors (Lipinski definition) is 7. The van der Waals surface area contributed by atoms with Crippen molar-refractivity contribution in [2.45, 2.75) is 38.9 Å². The zero-order valence-corrected chi connectivity index (χ0v) is 18.4. The molecule has 0 saturated carbocycles. The van der Waals surface area contributed by atoms with Crippen LogP contribution in [0.1, 0.15) is 25.7 Å². The second kappa shape index (κ2) is 7.70. The van der Waals surface area contributed by atoms with Gasteiger partial charge in [0.15, 0.2) is 5.58 Å². The number of benzene rings is 2. The second-order valence-electron chi connectivity index (χ2n) is 8.59. The molecule has 1 atom stereocenters. The predicted molar refractivity (Wildman–Crippen MR) is 128 cm³/mol. The van der Waals surface area contributed by atoms with Crippen LogP contribution in [0.4, 0.5) is 5.95 Å². The van der Waals surface area contributed by atoms with Gasteiger partial charge >= 0.3 is 0 Å². The molecule has 6 rings (SSSR count). The van der Waals surface area contributed by atoms with E-state index in [4.69, 9.17) is 15.1 Å². The van der Waals surface area contributed by atoms with Gasteiger partial charge in [0.2, 0.25) is 11.8 Å². The number of oxazole rings is 1. The lowest BCUT2D eigenvalue weighted by atomic mass is 10.1. The van der Waals surface area contributed by atoms with Crippen LogP contribution in [0.2, 0.25) is 0 Å². The zero-order chi connectivity index (χ0) is 22.5. The van der Waals surface area contributed by atoms with Crippen LogP contribution in [0, 0.1) is 0 Å². The van der Waals surface area contributed by atoms with E-state index in [1.807, 2.05) is 47.9 Å². The first-order chi connectivity index (χ1) is 16.1. The van der Waals surface area contributed by atoms with E-state index in [9.17, 15) is 4.79 Å². The Morgan fingerprint density at radius 3 is 2.88 bits per heavy atom. The maximum Gasteiger partial charge on any atom is 0.293 e. The van der Waals surface area contributed by atoms with Gasteiger partial charge in [-0.25, -0.2) is 14.6 Å². The van der Waals surface area contributed by atoms with Gasteiger partial charge in [0, 0.05) is 31.1 Å². The zero-order valence-electron chi connectivity index (χ0n) is 18.4. The molecule has 9 heteroatoms. The van der Waals surface area contributed by atoms with E-state index in [-0.39, 0.29) is 18.1 Å². The molecule has 3 aromatic heterocycles. The molecule has 0 spiro atoms. The van der Waals surface area contributed by atoms with Crippen LogP contribution in [0.25, 0.3) is 32.9 Å². The SMILES string of the molecule is CCn1c(N2CCC[C@@H](N)C2)nc2cnn(Cc3nc4ccc5ccccc5c4o3)c(=O)c21. The number of nitrogens with zero attached hydrogens (tertiary/aromatic N) is 6. The van der Waals surface area contributed by atoms with Crippen molar-refractivity contribution in [3.63, 3.8) is 0 Å². The normalized spacial score (nSPS) is 16.9. The summed E-state index contributed by atoms with van der Waals surface area (Å²) in [6.45, 7) is 4.42. The average molecular weight is 444 g/mol. The minimum absolute atomic E-state index is 0.119. The highest BCUT2D eigenvalue weighted by molar-refractivity contribution is 6.02. The van der Waals surface area contributed by atoms with Gasteiger partial charge in [0.25, 0.3) is 5.56 Å². The molecule has 0 amide bonds. The van der Waals surface area contributed by atoms with Crippen LogP contribution in [0.5, 0.6) is 0 Å². The van der Waals surface area contributed by atoms with Crippen LogP contribution >= 0.6 is 0 Å². The molecule has 9 nitrogen and oxygen atoms in total. The third-order valence-electron chi connectivity index (χ3n) is 6.40. The molecule has 0 radical (unpaired) electrons. The van der Waals surface area contributed by atoms with Gasteiger partial charge in [-0.1, -0.05) is 30.3 Å². The molecule has 168 valence electrons. The van der Waals surface area contributed by atoms with Crippen molar-refractivity contribution in [2.24, 2.45) is 5.73 Å². The Morgan fingerprint density at radius 1 is 1.15 bits per heavy atom. The molecule has 0 unspecified atom stereocenters. The Hall–Kier alpha value is -3.72. The summed E-state index contributed by atoms with van der Waals surface area (Å²) in [6, 6.07) is 12.1. The lowest BCUT2D eigenvalue weighted by Crippen LogP contribution is -2.44. The van der Waals surface area contributed by atoms with Crippen molar-refractivity contribution >= 4 is 38.9 Å². The standard InChI is InChI=1S/C24H25N7O2/c1-2-30-21-19(28-24(30)29-11-5-7-16(25)13-29)12-26-31(23(21)32)14-20-27-18-10-9-15-6-3-4-8-17(15)22(18)33-20/h3-4,6,8-10,12,16H,2,5,7,11,13-14,25H2,1H3/t16-/m1/s1. The minimum atomic E-state index is -0.207. The summed E-state index contributed by atoms with van der Waals surface area (Å²) < 4.78 is 9.43. The predicted octanol–water partition coefficient (Wildman–Crippen LogP) is 2.88. The number of nitrogens with two attached hydrogens (primary N) is 1. The highest BCUT2D eigenvalue weighted by atomic mass is 16.3. The smallest absolute Gasteiger partial charge is 0.293 e. The molecule has 1 aliphatic heterocycles. The van der Waals surface area contributed by atoms with Gasteiger partial charge in [-0.05, 0) is 31.2 Å². The third-order valence-corrected chi connectivity index (χ3v) is 6.40. The summed E-state index contributed by atoms with van der Waals surface area (Å²) in [7, 11) is 0. The van der Waals surface area contributed by atoms with Crippen LogP contribution < -0.4 is 16.2 Å². The third kappa shape index (κ3) is 3.27. The van der Waals surface area contributed by atoms with E-state index in [1.54, 1.807) is 6.20 Å². The Labute approximate surface area is 189 Å². The van der Waals surface area contributed by atoms with E-state index >= 15 is 0 Å². The molecule has 2 N–H and O–H groups in total. The number of anilines is 1. The maximum absolute atomic E-state index is 13.4. The van der Waals surface area contributed by atoms with E-state index < -0.39 is 0 Å². The largest absolute Gasteiger partial charge is 0.438 e. The molecule has 1 aliphatic rings. The average Bonchev–Trinajstić information content (AvgIpc) is 3.42. The number of aromatic nitrogens is 5. The number of aryl methyl sites for hydroxylation is 1. The fraction of sp³-hybridized carbons (Fsp3) is 0.333. The van der Waals surface area contributed by atoms with Gasteiger partial charge < -0.3 is 19.6 Å². The Kier molecular flexibility index (Phi) is 4.65. The summed E-state index contributed by atoms with van der Waals surface area (Å²) in [4.78, 5) is 24.9. The molecule has 0 bridgehead atoms. The van der Waals surface area contributed by atoms with Gasteiger partial charge in [0.1, 0.15) is 23.1 Å². The lowest BCUT2D eigenvalue weighted by Gasteiger charge is -2.31. The monoisotopic (exact) mass is 443 g/mol. The Morgan fingerprint density at radius 2 is 2.03 bits per heavy atom. The molecule has 5 aromatic rings. The van der Waals surface area contributed by atoms with Crippen LogP contribution in [-0.4, -0.2) is 43.4 Å². The molecular formula is C24H25N7O2. The number of piperidine rings is 1. The maximum atomic E-state index is 13.4. The fourth-order valence-electron chi connectivity index (χ4n) is 4.82.